The second-order valence-electron chi connectivity index (χ2n) is 5.71. The van der Waals surface area contributed by atoms with Crippen LogP contribution in [-0.2, 0) is 14.3 Å². The topological polar surface area (TPSA) is 61.8 Å². The minimum atomic E-state index is -0.499. The molecule has 1 unspecified atom stereocenters. The van der Waals surface area contributed by atoms with Crippen molar-refractivity contribution in [3.63, 3.8) is 0 Å². The largest absolute Gasteiger partial charge is 0.497 e. The van der Waals surface area contributed by atoms with E-state index in [4.69, 9.17) is 25.8 Å². The van der Waals surface area contributed by atoms with Crippen LogP contribution in [0.1, 0.15) is 22.3 Å². The van der Waals surface area contributed by atoms with Gasteiger partial charge >= 0.3 is 11.9 Å². The van der Waals surface area contributed by atoms with Crippen LogP contribution in [0.2, 0.25) is 5.02 Å². The number of carbonyl (C=O) groups excluding carboxylic acids is 2. The normalized spacial score (nSPS) is 16.5. The molecule has 6 heteroatoms. The molecule has 1 heterocycles. The van der Waals surface area contributed by atoms with Gasteiger partial charge in [0.25, 0.3) is 0 Å². The van der Waals surface area contributed by atoms with Crippen molar-refractivity contribution >= 4 is 29.1 Å². The predicted octanol–water partition coefficient (Wildman–Crippen LogP) is 3.90. The highest BCUT2D eigenvalue weighted by atomic mass is 35.5. The zero-order valence-electron chi connectivity index (χ0n) is 14.1. The summed E-state index contributed by atoms with van der Waals surface area (Å²) in [5, 5.41) is 0.541. The summed E-state index contributed by atoms with van der Waals surface area (Å²) in [7, 11) is 1.58. The van der Waals surface area contributed by atoms with Gasteiger partial charge in [-0.25, -0.2) is 9.59 Å². The first-order chi connectivity index (χ1) is 12.6. The van der Waals surface area contributed by atoms with Crippen LogP contribution in [0.3, 0.4) is 0 Å². The highest BCUT2D eigenvalue weighted by Gasteiger charge is 2.25. The highest BCUT2D eigenvalue weighted by molar-refractivity contribution is 6.30. The Labute approximate surface area is 156 Å². The summed E-state index contributed by atoms with van der Waals surface area (Å²) in [6.07, 6.45) is 1.77. The molecule has 1 atom stereocenters. The Morgan fingerprint density at radius 1 is 1.15 bits per heavy atom. The number of hydrogen-bond donors (Lipinski definition) is 0. The van der Waals surface area contributed by atoms with Gasteiger partial charge in [-0.2, -0.15) is 0 Å². The molecule has 3 rings (SSSR count). The summed E-state index contributed by atoms with van der Waals surface area (Å²) in [6.45, 7) is -0.000404. The van der Waals surface area contributed by atoms with Crippen molar-refractivity contribution in [1.29, 1.82) is 0 Å². The number of esters is 2. The lowest BCUT2D eigenvalue weighted by Gasteiger charge is -2.22. The van der Waals surface area contributed by atoms with Gasteiger partial charge in [-0.1, -0.05) is 29.8 Å². The van der Waals surface area contributed by atoms with Crippen molar-refractivity contribution in [3.8, 4) is 5.75 Å². The quantitative estimate of drug-likeness (QED) is 0.745. The molecule has 0 aromatic heterocycles. The van der Waals surface area contributed by atoms with Crippen molar-refractivity contribution in [2.75, 3.05) is 13.7 Å². The third-order valence-electron chi connectivity index (χ3n) is 3.96. The van der Waals surface area contributed by atoms with Crippen molar-refractivity contribution < 1.29 is 23.8 Å². The zero-order valence-corrected chi connectivity index (χ0v) is 14.9. The molecule has 0 bridgehead atoms. The highest BCUT2D eigenvalue weighted by Crippen LogP contribution is 2.25. The van der Waals surface area contributed by atoms with Crippen LogP contribution in [0.5, 0.6) is 5.75 Å². The Morgan fingerprint density at radius 3 is 2.46 bits per heavy atom. The Bertz CT molecular complexity index is 824. The van der Waals surface area contributed by atoms with E-state index < -0.39 is 18.0 Å². The Morgan fingerprint density at radius 2 is 1.85 bits per heavy atom. The standard InChI is InChI=1S/C20H17ClO5/c1-24-16-8-4-13(5-9-16)18-11-10-17(26-20(18)23)12-25-19(22)14-2-6-15(21)7-3-14/h2-9,11,17H,10,12H2,1H3. The lowest BCUT2D eigenvalue weighted by Crippen LogP contribution is -2.28. The maximum atomic E-state index is 12.2. The van der Waals surface area contributed by atoms with Gasteiger partial charge in [-0.3, -0.25) is 0 Å². The summed E-state index contributed by atoms with van der Waals surface area (Å²) in [5.41, 5.74) is 1.64. The lowest BCUT2D eigenvalue weighted by atomic mass is 10.0. The van der Waals surface area contributed by atoms with Crippen LogP contribution in [0.15, 0.2) is 54.6 Å². The second-order valence-corrected chi connectivity index (χ2v) is 6.15. The maximum Gasteiger partial charge on any atom is 0.338 e. The first-order valence-corrected chi connectivity index (χ1v) is 8.43. The molecule has 2 aromatic rings. The molecular formula is C20H17ClO5. The van der Waals surface area contributed by atoms with Crippen molar-refractivity contribution in [2.45, 2.75) is 12.5 Å². The molecule has 1 aliphatic rings. The van der Waals surface area contributed by atoms with Gasteiger partial charge in [0.05, 0.1) is 18.2 Å². The van der Waals surface area contributed by atoms with Gasteiger partial charge < -0.3 is 14.2 Å². The molecule has 134 valence electrons. The lowest BCUT2D eigenvalue weighted by molar-refractivity contribution is -0.144. The minimum Gasteiger partial charge on any atom is -0.497 e. The van der Waals surface area contributed by atoms with Crippen molar-refractivity contribution in [2.24, 2.45) is 0 Å². The molecule has 2 aromatic carbocycles. The smallest absolute Gasteiger partial charge is 0.338 e. The number of cyclic esters (lactones) is 1. The van der Waals surface area contributed by atoms with Gasteiger partial charge in [0.15, 0.2) is 0 Å². The van der Waals surface area contributed by atoms with E-state index >= 15 is 0 Å². The third kappa shape index (κ3) is 4.24. The minimum absolute atomic E-state index is 0.000404. The molecule has 0 N–H and O–H groups in total. The molecular weight excluding hydrogens is 356 g/mol. The molecule has 0 amide bonds. The fourth-order valence-corrected chi connectivity index (χ4v) is 2.67. The zero-order chi connectivity index (χ0) is 18.5. The Balaban J connectivity index is 1.58. The molecule has 5 nitrogen and oxygen atoms in total. The van der Waals surface area contributed by atoms with E-state index in [1.54, 1.807) is 61.7 Å². The molecule has 0 aliphatic carbocycles. The number of benzene rings is 2. The van der Waals surface area contributed by atoms with Gasteiger partial charge in [-0.15, -0.1) is 0 Å². The number of carbonyl (C=O) groups is 2. The molecule has 0 radical (unpaired) electrons. The van der Waals surface area contributed by atoms with Gasteiger partial charge in [0, 0.05) is 11.4 Å². The van der Waals surface area contributed by atoms with E-state index in [-0.39, 0.29) is 6.61 Å². The molecule has 0 saturated heterocycles. The third-order valence-corrected chi connectivity index (χ3v) is 4.21. The Kier molecular flexibility index (Phi) is 5.58. The fourth-order valence-electron chi connectivity index (χ4n) is 2.54. The number of rotatable bonds is 5. The number of ether oxygens (including phenoxy) is 3. The van der Waals surface area contributed by atoms with E-state index in [9.17, 15) is 9.59 Å². The maximum absolute atomic E-state index is 12.2. The number of halogens is 1. The summed E-state index contributed by atoms with van der Waals surface area (Å²) < 4.78 is 15.7. The second kappa shape index (κ2) is 8.06. The van der Waals surface area contributed by atoms with E-state index in [2.05, 4.69) is 0 Å². The summed E-state index contributed by atoms with van der Waals surface area (Å²) in [5.74, 6) is -0.206. The average molecular weight is 373 g/mol. The van der Waals surface area contributed by atoms with Gasteiger partial charge in [0.1, 0.15) is 18.5 Å². The van der Waals surface area contributed by atoms with Crippen molar-refractivity contribution in [3.05, 3.63) is 70.8 Å². The summed E-state index contributed by atoms with van der Waals surface area (Å²) in [6, 6.07) is 13.6. The molecule has 0 fully saturated rings. The van der Waals surface area contributed by atoms with Crippen LogP contribution in [-0.4, -0.2) is 31.8 Å². The van der Waals surface area contributed by atoms with E-state index in [1.807, 2.05) is 0 Å². The Hall–Kier alpha value is -2.79. The average Bonchev–Trinajstić information content (AvgIpc) is 2.67. The van der Waals surface area contributed by atoms with Crippen LogP contribution in [0, 0.1) is 0 Å². The van der Waals surface area contributed by atoms with Crippen molar-refractivity contribution in [1.82, 2.24) is 0 Å². The first-order valence-electron chi connectivity index (χ1n) is 8.05. The fraction of sp³-hybridized carbons (Fsp3) is 0.200. The molecule has 0 saturated carbocycles. The SMILES string of the molecule is COc1ccc(C2=CCC(COC(=O)c3ccc(Cl)cc3)OC2=O)cc1. The van der Waals surface area contributed by atoms with Crippen LogP contribution >= 0.6 is 11.6 Å². The molecule has 26 heavy (non-hydrogen) atoms. The first kappa shape index (κ1) is 18.0. The van der Waals surface area contributed by atoms with Gasteiger partial charge in [0.2, 0.25) is 0 Å². The monoisotopic (exact) mass is 372 g/mol. The van der Waals surface area contributed by atoms with Crippen LogP contribution < -0.4 is 4.74 Å². The van der Waals surface area contributed by atoms with E-state index in [0.29, 0.717) is 28.3 Å². The van der Waals surface area contributed by atoms with E-state index in [0.717, 1.165) is 5.56 Å². The van der Waals surface area contributed by atoms with Crippen LogP contribution in [0.25, 0.3) is 5.57 Å². The van der Waals surface area contributed by atoms with E-state index in [1.165, 1.54) is 0 Å². The summed E-state index contributed by atoms with van der Waals surface area (Å²) >= 11 is 5.79. The van der Waals surface area contributed by atoms with Gasteiger partial charge in [-0.05, 0) is 42.0 Å². The summed E-state index contributed by atoms with van der Waals surface area (Å²) in [4.78, 5) is 24.2. The number of methoxy groups -OCH3 is 1. The molecule has 0 spiro atoms. The predicted molar refractivity (Wildman–Crippen MR) is 97.2 cm³/mol. The van der Waals surface area contributed by atoms with Crippen LogP contribution in [0.4, 0.5) is 0 Å². The molecule has 1 aliphatic heterocycles. The number of hydrogen-bond acceptors (Lipinski definition) is 5.